The maximum absolute atomic E-state index is 5.15. The quantitative estimate of drug-likeness (QED) is 0.542. The molecule has 3 aliphatic rings. The number of likely N-dealkylation sites (tertiary alicyclic amines) is 1. The van der Waals surface area contributed by atoms with Crippen LogP contribution in [0.1, 0.15) is 44.3 Å². The van der Waals surface area contributed by atoms with E-state index in [4.69, 9.17) is 9.73 Å². The first-order chi connectivity index (χ1) is 13.2. The summed E-state index contributed by atoms with van der Waals surface area (Å²) in [6.45, 7) is 7.70. The molecule has 0 radical (unpaired) electrons. The van der Waals surface area contributed by atoms with Crippen molar-refractivity contribution in [1.29, 1.82) is 0 Å². The van der Waals surface area contributed by atoms with Gasteiger partial charge in [0.05, 0.1) is 6.54 Å². The fourth-order valence-corrected chi connectivity index (χ4v) is 4.19. The zero-order valence-electron chi connectivity index (χ0n) is 16.7. The number of nitrogens with one attached hydrogen (secondary N) is 2. The fourth-order valence-electron chi connectivity index (χ4n) is 4.19. The number of aryl methyl sites for hydroxylation is 1. The molecule has 2 unspecified atom stereocenters. The molecular formula is C19H33N7O. The van der Waals surface area contributed by atoms with Crippen molar-refractivity contribution in [3.8, 4) is 0 Å². The van der Waals surface area contributed by atoms with Gasteiger partial charge in [0.25, 0.3) is 0 Å². The smallest absolute Gasteiger partial charge is 0.191 e. The lowest BCUT2D eigenvalue weighted by atomic mass is 10.1. The van der Waals surface area contributed by atoms with Gasteiger partial charge in [-0.2, -0.15) is 5.10 Å². The summed E-state index contributed by atoms with van der Waals surface area (Å²) < 4.78 is 7.17. The Balaban J connectivity index is 1.31. The minimum absolute atomic E-state index is 0.332. The van der Waals surface area contributed by atoms with Gasteiger partial charge in [-0.15, -0.1) is 0 Å². The van der Waals surface area contributed by atoms with Gasteiger partial charge in [-0.1, -0.05) is 0 Å². The van der Waals surface area contributed by atoms with Gasteiger partial charge in [0.15, 0.2) is 11.8 Å². The van der Waals surface area contributed by atoms with Crippen LogP contribution in [0.25, 0.3) is 0 Å². The number of rotatable bonds is 7. The summed E-state index contributed by atoms with van der Waals surface area (Å²) in [4.78, 5) is 12.1. The lowest BCUT2D eigenvalue weighted by Gasteiger charge is -2.25. The highest BCUT2D eigenvalue weighted by Crippen LogP contribution is 2.31. The number of aromatic nitrogens is 3. The zero-order valence-corrected chi connectivity index (χ0v) is 16.7. The summed E-state index contributed by atoms with van der Waals surface area (Å²) in [5.74, 6) is 3.47. The van der Waals surface area contributed by atoms with Crippen LogP contribution in [0.5, 0.6) is 0 Å². The fraction of sp³-hybridized carbons (Fsp3) is 0.842. The van der Waals surface area contributed by atoms with Gasteiger partial charge in [-0.05, 0) is 45.1 Å². The van der Waals surface area contributed by atoms with E-state index in [0.29, 0.717) is 18.6 Å². The third-order valence-corrected chi connectivity index (χ3v) is 5.75. The molecular weight excluding hydrogens is 342 g/mol. The second kappa shape index (κ2) is 8.56. The lowest BCUT2D eigenvalue weighted by molar-refractivity contribution is 0.177. The molecule has 2 N–H and O–H groups in total. The van der Waals surface area contributed by atoms with Gasteiger partial charge in [0, 0.05) is 45.2 Å². The molecule has 1 aliphatic carbocycles. The van der Waals surface area contributed by atoms with Crippen LogP contribution in [-0.4, -0.2) is 71.0 Å². The van der Waals surface area contributed by atoms with E-state index in [1.54, 1.807) is 7.11 Å². The first-order valence-electron chi connectivity index (χ1n) is 10.5. The number of methoxy groups -OCH3 is 1. The summed E-state index contributed by atoms with van der Waals surface area (Å²) in [6.07, 6.45) is 6.07. The molecule has 2 atom stereocenters. The van der Waals surface area contributed by atoms with Gasteiger partial charge in [0.2, 0.25) is 0 Å². The Bertz CT molecular complexity index is 654. The molecule has 2 fully saturated rings. The third kappa shape index (κ3) is 4.79. The van der Waals surface area contributed by atoms with E-state index in [1.165, 1.54) is 32.4 Å². The number of hydrogen-bond donors (Lipinski definition) is 2. The van der Waals surface area contributed by atoms with Crippen LogP contribution >= 0.6 is 0 Å². The average molecular weight is 376 g/mol. The molecule has 3 heterocycles. The van der Waals surface area contributed by atoms with E-state index >= 15 is 0 Å². The van der Waals surface area contributed by atoms with Crippen molar-refractivity contribution >= 4 is 5.96 Å². The number of guanidine groups is 1. The van der Waals surface area contributed by atoms with E-state index in [-0.39, 0.29) is 0 Å². The summed E-state index contributed by atoms with van der Waals surface area (Å²) in [5, 5.41) is 11.6. The van der Waals surface area contributed by atoms with Crippen LogP contribution in [0.2, 0.25) is 0 Å². The molecule has 0 bridgehead atoms. The van der Waals surface area contributed by atoms with E-state index in [2.05, 4.69) is 32.5 Å². The zero-order chi connectivity index (χ0) is 18.6. The topological polar surface area (TPSA) is 79.6 Å². The largest absolute Gasteiger partial charge is 0.377 e. The molecule has 8 heteroatoms. The van der Waals surface area contributed by atoms with Gasteiger partial charge in [-0.3, -0.25) is 4.99 Å². The molecule has 27 heavy (non-hydrogen) atoms. The monoisotopic (exact) mass is 375 g/mol. The van der Waals surface area contributed by atoms with Crippen LogP contribution < -0.4 is 10.6 Å². The molecule has 1 aromatic heterocycles. The first-order valence-corrected chi connectivity index (χ1v) is 10.5. The number of hydrogen-bond acceptors (Lipinski definition) is 5. The number of ether oxygens (including phenoxy) is 1. The van der Waals surface area contributed by atoms with Crippen molar-refractivity contribution < 1.29 is 4.74 Å². The van der Waals surface area contributed by atoms with Gasteiger partial charge < -0.3 is 20.3 Å². The molecule has 0 spiro atoms. The molecule has 8 nitrogen and oxygen atoms in total. The van der Waals surface area contributed by atoms with Crippen LogP contribution in [0.4, 0.5) is 0 Å². The maximum atomic E-state index is 5.15. The highest BCUT2D eigenvalue weighted by molar-refractivity contribution is 5.80. The standard InChI is InChI=1S/C19H33N7O/c1-3-20-19(21-10-14-8-9-25(11-14)16-5-6-16)22-15-4-7-18-23-17(13-27-2)24-26(18)12-15/h14-16H,3-13H2,1-2H3,(H2,20,21,22). The molecule has 0 amide bonds. The normalized spacial score (nSPS) is 26.2. The molecule has 4 rings (SSSR count). The second-order valence-corrected chi connectivity index (χ2v) is 8.04. The van der Waals surface area contributed by atoms with Crippen molar-refractivity contribution in [3.63, 3.8) is 0 Å². The van der Waals surface area contributed by atoms with Gasteiger partial charge >= 0.3 is 0 Å². The molecule has 1 saturated carbocycles. The Morgan fingerprint density at radius 3 is 2.93 bits per heavy atom. The Kier molecular flexibility index (Phi) is 5.92. The third-order valence-electron chi connectivity index (χ3n) is 5.75. The van der Waals surface area contributed by atoms with Gasteiger partial charge in [0.1, 0.15) is 12.4 Å². The summed E-state index contributed by atoms with van der Waals surface area (Å²) in [6, 6.07) is 1.21. The van der Waals surface area contributed by atoms with Crippen LogP contribution in [0.15, 0.2) is 4.99 Å². The van der Waals surface area contributed by atoms with E-state index in [0.717, 1.165) is 56.1 Å². The SMILES string of the molecule is CCNC(=NCC1CCN(C2CC2)C1)NC1CCc2nc(COC)nn2C1. The Hall–Kier alpha value is -1.67. The molecule has 150 valence electrons. The van der Waals surface area contributed by atoms with Gasteiger partial charge in [-0.25, -0.2) is 9.67 Å². The molecule has 1 saturated heterocycles. The van der Waals surface area contributed by atoms with Crippen molar-refractivity contribution in [3.05, 3.63) is 11.6 Å². The Labute approximate surface area is 161 Å². The Morgan fingerprint density at radius 2 is 2.15 bits per heavy atom. The minimum Gasteiger partial charge on any atom is -0.377 e. The van der Waals surface area contributed by atoms with E-state index in [1.807, 2.05) is 4.68 Å². The first kappa shape index (κ1) is 18.7. The number of nitrogens with zero attached hydrogens (tertiary/aromatic N) is 5. The average Bonchev–Trinajstić information content (AvgIpc) is 3.26. The van der Waals surface area contributed by atoms with Crippen LogP contribution in [0, 0.1) is 5.92 Å². The second-order valence-electron chi connectivity index (χ2n) is 8.04. The summed E-state index contributed by atoms with van der Waals surface area (Å²) in [7, 11) is 1.68. The highest BCUT2D eigenvalue weighted by Gasteiger charge is 2.34. The maximum Gasteiger partial charge on any atom is 0.191 e. The summed E-state index contributed by atoms with van der Waals surface area (Å²) in [5.41, 5.74) is 0. The van der Waals surface area contributed by atoms with Crippen molar-refractivity contribution in [2.45, 2.75) is 64.3 Å². The Morgan fingerprint density at radius 1 is 1.26 bits per heavy atom. The minimum atomic E-state index is 0.332. The van der Waals surface area contributed by atoms with Crippen molar-refractivity contribution in [1.82, 2.24) is 30.3 Å². The van der Waals surface area contributed by atoms with E-state index < -0.39 is 0 Å². The predicted molar refractivity (Wildman–Crippen MR) is 105 cm³/mol. The van der Waals surface area contributed by atoms with Crippen molar-refractivity contribution in [2.75, 3.05) is 33.3 Å². The molecule has 2 aliphatic heterocycles. The number of aliphatic imine (C=N–C) groups is 1. The lowest BCUT2D eigenvalue weighted by Crippen LogP contribution is -2.47. The van der Waals surface area contributed by atoms with E-state index in [9.17, 15) is 0 Å². The van der Waals surface area contributed by atoms with Crippen molar-refractivity contribution in [2.24, 2.45) is 10.9 Å². The summed E-state index contributed by atoms with van der Waals surface area (Å²) >= 11 is 0. The van der Waals surface area contributed by atoms with Crippen LogP contribution in [-0.2, 0) is 24.3 Å². The highest BCUT2D eigenvalue weighted by atomic mass is 16.5. The predicted octanol–water partition coefficient (Wildman–Crippen LogP) is 0.779. The molecule has 1 aromatic rings. The number of fused-ring (bicyclic) bond motifs is 1. The molecule has 0 aromatic carbocycles. The van der Waals surface area contributed by atoms with Crippen LogP contribution in [0.3, 0.4) is 0 Å².